The summed E-state index contributed by atoms with van der Waals surface area (Å²) >= 11 is 0. The van der Waals surface area contributed by atoms with Gasteiger partial charge in [0.25, 0.3) is 0 Å². The molecule has 2 bridgehead atoms. The molecule has 126 valence electrons. The van der Waals surface area contributed by atoms with Gasteiger partial charge < -0.3 is 10.6 Å². The fourth-order valence-corrected chi connectivity index (χ4v) is 4.12. The van der Waals surface area contributed by atoms with Gasteiger partial charge in [0.2, 0.25) is 5.91 Å². The van der Waals surface area contributed by atoms with Crippen molar-refractivity contribution in [1.29, 1.82) is 0 Å². The lowest BCUT2D eigenvalue weighted by Crippen LogP contribution is -2.51. The molecule has 1 saturated heterocycles. The second-order valence-electron chi connectivity index (χ2n) is 6.93. The fraction of sp³-hybridized carbons (Fsp3) is 0.500. The van der Waals surface area contributed by atoms with E-state index < -0.39 is 0 Å². The van der Waals surface area contributed by atoms with Gasteiger partial charge in [-0.05, 0) is 49.3 Å². The predicted molar refractivity (Wildman–Crippen MR) is 94.2 cm³/mol. The van der Waals surface area contributed by atoms with Crippen LogP contribution < -0.4 is 10.6 Å². The van der Waals surface area contributed by atoms with Crippen molar-refractivity contribution in [3.63, 3.8) is 0 Å². The highest BCUT2D eigenvalue weighted by Crippen LogP contribution is 2.35. The van der Waals surface area contributed by atoms with Crippen LogP contribution in [0.5, 0.6) is 0 Å². The summed E-state index contributed by atoms with van der Waals surface area (Å²) in [6.45, 7) is 0. The normalized spacial score (nSPS) is 27.1. The molecule has 2 fully saturated rings. The van der Waals surface area contributed by atoms with Gasteiger partial charge in [0, 0.05) is 24.7 Å². The molecule has 1 aliphatic carbocycles. The van der Waals surface area contributed by atoms with E-state index in [1.807, 2.05) is 18.5 Å². The van der Waals surface area contributed by atoms with E-state index in [0.717, 1.165) is 29.3 Å². The molecule has 6 nitrogen and oxygen atoms in total. The standard InChI is InChI=1S/C18H23N5O/c1-19-10-15(7-11-2-5-16-13(6-11)9-20-23-16)22-18(24)17-12-3-4-14(8-12)21-17/h2,5-6,9-10,12,14-15,17,21H,3-4,7-8H2,1H3,(H,20,23)(H,22,24)/t12-,14+,15?,17-/m0/s1. The Labute approximate surface area is 141 Å². The Morgan fingerprint density at radius 2 is 2.42 bits per heavy atom. The summed E-state index contributed by atoms with van der Waals surface area (Å²) in [6.07, 6.45) is 7.88. The van der Waals surface area contributed by atoms with Gasteiger partial charge in [-0.3, -0.25) is 14.9 Å². The molecule has 4 rings (SSSR count). The van der Waals surface area contributed by atoms with Crippen molar-refractivity contribution in [2.75, 3.05) is 7.05 Å². The van der Waals surface area contributed by atoms with Crippen molar-refractivity contribution < 1.29 is 4.79 Å². The lowest BCUT2D eigenvalue weighted by atomic mass is 9.98. The first-order valence-electron chi connectivity index (χ1n) is 8.63. The number of nitrogens with zero attached hydrogens (tertiary/aromatic N) is 2. The van der Waals surface area contributed by atoms with Crippen LogP contribution in [0.3, 0.4) is 0 Å². The topological polar surface area (TPSA) is 82.2 Å². The number of hydrogen-bond donors (Lipinski definition) is 3. The minimum atomic E-state index is -0.0900. The molecule has 3 N–H and O–H groups in total. The molecule has 1 unspecified atom stereocenters. The van der Waals surface area contributed by atoms with Crippen LogP contribution >= 0.6 is 0 Å². The van der Waals surface area contributed by atoms with Gasteiger partial charge in [0.1, 0.15) is 0 Å². The van der Waals surface area contributed by atoms with Gasteiger partial charge in [-0.15, -0.1) is 0 Å². The maximum absolute atomic E-state index is 12.6. The third-order valence-electron chi connectivity index (χ3n) is 5.26. The number of amides is 1. The number of fused-ring (bicyclic) bond motifs is 3. The molecule has 6 heteroatoms. The molecule has 4 atom stereocenters. The third-order valence-corrected chi connectivity index (χ3v) is 5.26. The van der Waals surface area contributed by atoms with E-state index in [9.17, 15) is 4.79 Å². The average molecular weight is 325 g/mol. The third kappa shape index (κ3) is 2.94. The number of H-pyrrole nitrogens is 1. The number of rotatable bonds is 5. The lowest BCUT2D eigenvalue weighted by molar-refractivity contribution is -0.124. The van der Waals surface area contributed by atoms with Crippen molar-refractivity contribution in [2.45, 2.75) is 43.8 Å². The van der Waals surface area contributed by atoms with Crippen LogP contribution in [0.4, 0.5) is 0 Å². The van der Waals surface area contributed by atoms with Crippen LogP contribution in [0.15, 0.2) is 29.4 Å². The van der Waals surface area contributed by atoms with Crippen molar-refractivity contribution in [3.05, 3.63) is 30.0 Å². The second kappa shape index (κ2) is 6.36. The monoisotopic (exact) mass is 325 g/mol. The highest BCUT2D eigenvalue weighted by molar-refractivity contribution is 5.86. The van der Waals surface area contributed by atoms with E-state index in [2.05, 4.69) is 38.0 Å². The minimum Gasteiger partial charge on any atom is -0.347 e. The predicted octanol–water partition coefficient (Wildman–Crippen LogP) is 1.43. The Hall–Kier alpha value is -2.21. The Kier molecular flexibility index (Phi) is 4.06. The number of hydrogen-bond acceptors (Lipinski definition) is 4. The summed E-state index contributed by atoms with van der Waals surface area (Å²) < 4.78 is 0. The molecule has 0 radical (unpaired) electrons. The number of piperidine rings is 1. The van der Waals surface area contributed by atoms with Crippen molar-refractivity contribution in [2.24, 2.45) is 10.9 Å². The molecule has 0 spiro atoms. The van der Waals surface area contributed by atoms with E-state index in [1.54, 1.807) is 7.05 Å². The first-order chi connectivity index (χ1) is 11.7. The molecule has 1 aromatic heterocycles. The Morgan fingerprint density at radius 1 is 1.50 bits per heavy atom. The van der Waals surface area contributed by atoms with E-state index >= 15 is 0 Å². The molecular weight excluding hydrogens is 302 g/mol. The van der Waals surface area contributed by atoms with Crippen molar-refractivity contribution in [1.82, 2.24) is 20.8 Å². The molecule has 24 heavy (non-hydrogen) atoms. The number of benzene rings is 1. The highest BCUT2D eigenvalue weighted by atomic mass is 16.2. The molecule has 1 aliphatic heterocycles. The van der Waals surface area contributed by atoms with E-state index in [1.165, 1.54) is 12.8 Å². The van der Waals surface area contributed by atoms with Gasteiger partial charge in [-0.2, -0.15) is 5.10 Å². The summed E-state index contributed by atoms with van der Waals surface area (Å²) in [5, 5.41) is 14.7. The van der Waals surface area contributed by atoms with Crippen molar-refractivity contribution in [3.8, 4) is 0 Å². The van der Waals surface area contributed by atoms with Crippen molar-refractivity contribution >= 4 is 23.0 Å². The van der Waals surface area contributed by atoms with Crippen LogP contribution in [0.2, 0.25) is 0 Å². The quantitative estimate of drug-likeness (QED) is 0.727. The SMILES string of the molecule is CN=CC(Cc1ccc2[nH]ncc2c1)NC(=O)[C@H]1N[C@@H]2CC[C@H]1C2. The van der Waals surface area contributed by atoms with Crippen LogP contribution in [0.1, 0.15) is 24.8 Å². The largest absolute Gasteiger partial charge is 0.347 e. The summed E-state index contributed by atoms with van der Waals surface area (Å²) in [4.78, 5) is 16.8. The van der Waals surface area contributed by atoms with Crippen LogP contribution in [-0.2, 0) is 11.2 Å². The zero-order chi connectivity index (χ0) is 16.5. The molecule has 1 aromatic carbocycles. The Bertz CT molecular complexity index is 768. The molecule has 2 heterocycles. The number of carbonyl (C=O) groups is 1. The fourth-order valence-electron chi connectivity index (χ4n) is 4.12. The van der Waals surface area contributed by atoms with Crippen LogP contribution in [-0.4, -0.2) is 47.5 Å². The molecule has 1 saturated carbocycles. The van der Waals surface area contributed by atoms with Gasteiger partial charge in [-0.25, -0.2) is 0 Å². The first-order valence-corrected chi connectivity index (χ1v) is 8.63. The highest BCUT2D eigenvalue weighted by Gasteiger charge is 2.42. The minimum absolute atomic E-state index is 0.0344. The maximum Gasteiger partial charge on any atom is 0.237 e. The van der Waals surface area contributed by atoms with Crippen LogP contribution in [0, 0.1) is 5.92 Å². The smallest absolute Gasteiger partial charge is 0.237 e. The Balaban J connectivity index is 1.44. The second-order valence-corrected chi connectivity index (χ2v) is 6.93. The van der Waals surface area contributed by atoms with E-state index in [4.69, 9.17) is 0 Å². The zero-order valence-corrected chi connectivity index (χ0v) is 13.8. The molecular formula is C18H23N5O. The number of aliphatic imine (C=N–C) groups is 1. The summed E-state index contributed by atoms with van der Waals surface area (Å²) in [7, 11) is 1.74. The van der Waals surface area contributed by atoms with Gasteiger partial charge in [0.05, 0.1) is 23.8 Å². The summed E-state index contributed by atoms with van der Waals surface area (Å²) in [5.41, 5.74) is 2.18. The summed E-state index contributed by atoms with van der Waals surface area (Å²) in [5.74, 6) is 0.605. The molecule has 2 aliphatic rings. The number of aromatic amines is 1. The van der Waals surface area contributed by atoms with Gasteiger partial charge in [-0.1, -0.05) is 6.07 Å². The Morgan fingerprint density at radius 3 is 3.17 bits per heavy atom. The summed E-state index contributed by atoms with van der Waals surface area (Å²) in [6, 6.07) is 6.61. The molecule has 1 amide bonds. The number of carbonyl (C=O) groups excluding carboxylic acids is 1. The number of aromatic nitrogens is 2. The van der Waals surface area contributed by atoms with E-state index in [-0.39, 0.29) is 18.0 Å². The van der Waals surface area contributed by atoms with E-state index in [0.29, 0.717) is 12.0 Å². The average Bonchev–Trinajstić information content (AvgIpc) is 3.30. The lowest BCUT2D eigenvalue weighted by Gasteiger charge is -2.24. The zero-order valence-electron chi connectivity index (χ0n) is 13.8. The van der Waals surface area contributed by atoms with Crippen LogP contribution in [0.25, 0.3) is 10.9 Å². The molecule has 2 aromatic rings. The van der Waals surface area contributed by atoms with Gasteiger partial charge >= 0.3 is 0 Å². The maximum atomic E-state index is 12.6. The first kappa shape index (κ1) is 15.3. The number of nitrogens with one attached hydrogen (secondary N) is 3. The van der Waals surface area contributed by atoms with Gasteiger partial charge in [0.15, 0.2) is 0 Å².